The van der Waals surface area contributed by atoms with Crippen molar-refractivity contribution in [2.75, 3.05) is 5.32 Å². The first kappa shape index (κ1) is 12.2. The zero-order chi connectivity index (χ0) is 13.9. The van der Waals surface area contributed by atoms with Gasteiger partial charge in [-0.25, -0.2) is 4.39 Å². The van der Waals surface area contributed by atoms with Crippen molar-refractivity contribution in [3.05, 3.63) is 66.5 Å². The van der Waals surface area contributed by atoms with E-state index in [-0.39, 0.29) is 5.69 Å². The number of pyridine rings is 2. The molecule has 0 saturated heterocycles. The Morgan fingerprint density at radius 2 is 2.05 bits per heavy atom. The van der Waals surface area contributed by atoms with Crippen molar-refractivity contribution in [3.63, 3.8) is 0 Å². The second kappa shape index (κ2) is 5.05. The maximum absolute atomic E-state index is 13.3. The molecule has 1 N–H and O–H groups in total. The molecular weight excluding hydrogens is 257 g/mol. The molecule has 0 aliphatic rings. The number of nitrogens with one attached hydrogen (secondary N) is 1. The highest BCUT2D eigenvalue weighted by Gasteiger charge is 2.12. The second-order valence-corrected chi connectivity index (χ2v) is 4.22. The van der Waals surface area contributed by atoms with Crippen LogP contribution < -0.4 is 5.32 Å². The summed E-state index contributed by atoms with van der Waals surface area (Å²) in [6.45, 7) is 0. The molecule has 3 rings (SSSR count). The number of hydrogen-bond donors (Lipinski definition) is 1. The number of rotatable bonds is 2. The number of nitrogens with zero attached hydrogens (tertiary/aromatic N) is 2. The third-order valence-electron chi connectivity index (χ3n) is 2.86. The summed E-state index contributed by atoms with van der Waals surface area (Å²) in [6.07, 6.45) is 4.67. The van der Waals surface area contributed by atoms with Gasteiger partial charge in [0.25, 0.3) is 5.91 Å². The number of aromatic nitrogens is 2. The van der Waals surface area contributed by atoms with Crippen LogP contribution in [0.15, 0.2) is 55.0 Å². The van der Waals surface area contributed by atoms with Gasteiger partial charge >= 0.3 is 0 Å². The van der Waals surface area contributed by atoms with E-state index in [0.29, 0.717) is 11.1 Å². The van der Waals surface area contributed by atoms with Gasteiger partial charge in [0.15, 0.2) is 0 Å². The van der Waals surface area contributed by atoms with Gasteiger partial charge in [0, 0.05) is 17.8 Å². The Hall–Kier alpha value is -2.82. The highest BCUT2D eigenvalue weighted by atomic mass is 19.1. The first-order valence-corrected chi connectivity index (χ1v) is 6.00. The zero-order valence-corrected chi connectivity index (χ0v) is 10.4. The lowest BCUT2D eigenvalue weighted by Crippen LogP contribution is -2.14. The smallest absolute Gasteiger partial charge is 0.274 e. The summed E-state index contributed by atoms with van der Waals surface area (Å²) in [5.74, 6) is -0.796. The third kappa shape index (κ3) is 2.33. The average Bonchev–Trinajstić information content (AvgIpc) is 2.47. The Labute approximate surface area is 114 Å². The van der Waals surface area contributed by atoms with Crippen LogP contribution in [-0.2, 0) is 0 Å². The van der Waals surface area contributed by atoms with E-state index >= 15 is 0 Å². The number of benzene rings is 1. The maximum atomic E-state index is 13.3. The van der Waals surface area contributed by atoms with Gasteiger partial charge in [-0.2, -0.15) is 0 Å². The number of hydrogen-bond acceptors (Lipinski definition) is 3. The molecule has 2 aromatic heterocycles. The van der Waals surface area contributed by atoms with Crippen molar-refractivity contribution in [3.8, 4) is 0 Å². The van der Waals surface area contributed by atoms with E-state index in [9.17, 15) is 9.18 Å². The molecule has 5 heteroatoms. The fourth-order valence-electron chi connectivity index (χ4n) is 1.95. The van der Waals surface area contributed by atoms with Gasteiger partial charge in [0.2, 0.25) is 0 Å². The minimum absolute atomic E-state index is 0.186. The molecule has 0 aliphatic carbocycles. The molecule has 0 atom stereocenters. The Bertz CT molecular complexity index is 774. The van der Waals surface area contributed by atoms with Gasteiger partial charge in [0.1, 0.15) is 11.5 Å². The highest BCUT2D eigenvalue weighted by Crippen LogP contribution is 2.19. The monoisotopic (exact) mass is 267 g/mol. The Morgan fingerprint density at radius 3 is 2.85 bits per heavy atom. The van der Waals surface area contributed by atoms with Crippen LogP contribution in [0.1, 0.15) is 10.5 Å². The molecular formula is C15H10FN3O. The fraction of sp³-hybridized carbons (Fsp3) is 0. The summed E-state index contributed by atoms with van der Waals surface area (Å²) in [6, 6.07) is 9.44. The lowest BCUT2D eigenvalue weighted by molar-refractivity contribution is 0.102. The number of anilines is 1. The van der Waals surface area contributed by atoms with Crippen LogP contribution in [-0.4, -0.2) is 15.9 Å². The number of fused-ring (bicyclic) bond motifs is 1. The fourth-order valence-corrected chi connectivity index (χ4v) is 1.95. The average molecular weight is 267 g/mol. The summed E-state index contributed by atoms with van der Waals surface area (Å²) in [4.78, 5) is 20.2. The van der Waals surface area contributed by atoms with Crippen LogP contribution in [0.3, 0.4) is 0 Å². The van der Waals surface area contributed by atoms with E-state index in [0.717, 1.165) is 5.39 Å². The maximum Gasteiger partial charge on any atom is 0.274 e. The van der Waals surface area contributed by atoms with E-state index in [2.05, 4.69) is 15.3 Å². The van der Waals surface area contributed by atoms with E-state index in [1.54, 1.807) is 30.5 Å². The van der Waals surface area contributed by atoms with Crippen LogP contribution in [0.5, 0.6) is 0 Å². The van der Waals surface area contributed by atoms with Crippen LogP contribution in [0, 0.1) is 5.82 Å². The summed E-state index contributed by atoms with van der Waals surface area (Å²) >= 11 is 0. The SMILES string of the molecule is O=C(Nc1cccnc1)c1nccc2ccc(F)cc12. The summed E-state index contributed by atoms with van der Waals surface area (Å²) in [5.41, 5.74) is 0.749. The molecule has 0 unspecified atom stereocenters. The minimum Gasteiger partial charge on any atom is -0.319 e. The van der Waals surface area contributed by atoms with Gasteiger partial charge in [-0.1, -0.05) is 6.07 Å². The van der Waals surface area contributed by atoms with Crippen LogP contribution in [0.25, 0.3) is 10.8 Å². The van der Waals surface area contributed by atoms with Crippen molar-refractivity contribution in [2.24, 2.45) is 0 Å². The van der Waals surface area contributed by atoms with Crippen LogP contribution in [0.2, 0.25) is 0 Å². The minimum atomic E-state index is -0.402. The zero-order valence-electron chi connectivity index (χ0n) is 10.4. The molecule has 1 aromatic carbocycles. The van der Waals surface area contributed by atoms with Crippen molar-refractivity contribution in [1.82, 2.24) is 9.97 Å². The summed E-state index contributed by atoms with van der Waals surface area (Å²) < 4.78 is 13.3. The van der Waals surface area contributed by atoms with E-state index in [1.807, 2.05) is 0 Å². The molecule has 0 saturated carbocycles. The number of amides is 1. The van der Waals surface area contributed by atoms with E-state index in [1.165, 1.54) is 24.5 Å². The number of carbonyl (C=O) groups excluding carboxylic acids is 1. The first-order chi connectivity index (χ1) is 9.74. The molecule has 0 fully saturated rings. The summed E-state index contributed by atoms with van der Waals surface area (Å²) in [5, 5.41) is 3.93. The Kier molecular flexibility index (Phi) is 3.09. The van der Waals surface area contributed by atoms with E-state index in [4.69, 9.17) is 0 Å². The lowest BCUT2D eigenvalue weighted by Gasteiger charge is -2.07. The molecule has 1 amide bonds. The molecule has 0 bridgehead atoms. The number of halogens is 1. The first-order valence-electron chi connectivity index (χ1n) is 6.00. The molecule has 0 aliphatic heterocycles. The quantitative estimate of drug-likeness (QED) is 0.776. The largest absolute Gasteiger partial charge is 0.319 e. The van der Waals surface area contributed by atoms with Gasteiger partial charge in [-0.3, -0.25) is 14.8 Å². The van der Waals surface area contributed by atoms with Crippen molar-refractivity contribution >= 4 is 22.4 Å². The number of carbonyl (C=O) groups is 1. The van der Waals surface area contributed by atoms with Gasteiger partial charge in [-0.15, -0.1) is 0 Å². The third-order valence-corrected chi connectivity index (χ3v) is 2.86. The predicted molar refractivity (Wildman–Crippen MR) is 73.9 cm³/mol. The lowest BCUT2D eigenvalue weighted by atomic mass is 10.1. The van der Waals surface area contributed by atoms with Crippen LogP contribution >= 0.6 is 0 Å². The Balaban J connectivity index is 2.01. The summed E-state index contributed by atoms with van der Waals surface area (Å²) in [7, 11) is 0. The van der Waals surface area contributed by atoms with Crippen molar-refractivity contribution < 1.29 is 9.18 Å². The van der Waals surface area contributed by atoms with Gasteiger partial charge in [-0.05, 0) is 35.7 Å². The molecule has 0 spiro atoms. The standard InChI is InChI=1S/C15H10FN3O/c16-11-4-3-10-5-7-18-14(13(10)8-11)15(20)19-12-2-1-6-17-9-12/h1-9H,(H,19,20). The normalized spacial score (nSPS) is 10.4. The van der Waals surface area contributed by atoms with Crippen LogP contribution in [0.4, 0.5) is 10.1 Å². The molecule has 0 radical (unpaired) electrons. The van der Waals surface area contributed by atoms with E-state index < -0.39 is 11.7 Å². The topological polar surface area (TPSA) is 54.9 Å². The molecule has 3 aromatic rings. The molecule has 4 nitrogen and oxygen atoms in total. The Morgan fingerprint density at radius 1 is 1.15 bits per heavy atom. The molecule has 20 heavy (non-hydrogen) atoms. The van der Waals surface area contributed by atoms with Crippen molar-refractivity contribution in [1.29, 1.82) is 0 Å². The van der Waals surface area contributed by atoms with Gasteiger partial charge < -0.3 is 5.32 Å². The predicted octanol–water partition coefficient (Wildman–Crippen LogP) is 3.02. The van der Waals surface area contributed by atoms with Gasteiger partial charge in [0.05, 0.1) is 11.9 Å². The van der Waals surface area contributed by atoms with Crippen molar-refractivity contribution in [2.45, 2.75) is 0 Å². The molecule has 2 heterocycles. The second-order valence-electron chi connectivity index (χ2n) is 4.22. The highest BCUT2D eigenvalue weighted by molar-refractivity contribution is 6.11. The molecule has 98 valence electrons.